The quantitative estimate of drug-likeness (QED) is 0.768. The number of amides is 1. The standard InChI is InChI=1S/C20H23N3O3S2/c1-3-4-12-23-17-10-5-6-11-18(17)28(25,26)22-20(23)27-14-19(24)21-16-9-7-8-15(2)13-16/h5-11,13H,3-4,12,14H2,1-2H3,(H,21,24). The van der Waals surface area contributed by atoms with Crippen molar-refractivity contribution in [3.8, 4) is 0 Å². The Kier molecular flexibility index (Phi) is 6.41. The maximum atomic E-state index is 12.5. The van der Waals surface area contributed by atoms with Crippen molar-refractivity contribution in [2.75, 3.05) is 22.5 Å². The molecule has 0 saturated heterocycles. The van der Waals surface area contributed by atoms with E-state index < -0.39 is 10.0 Å². The minimum Gasteiger partial charge on any atom is -0.325 e. The molecule has 1 amide bonds. The predicted molar refractivity (Wildman–Crippen MR) is 116 cm³/mol. The lowest BCUT2D eigenvalue weighted by molar-refractivity contribution is -0.113. The van der Waals surface area contributed by atoms with Crippen LogP contribution in [-0.4, -0.2) is 31.8 Å². The van der Waals surface area contributed by atoms with Crippen molar-refractivity contribution in [1.82, 2.24) is 0 Å². The number of para-hydroxylation sites is 1. The van der Waals surface area contributed by atoms with Crippen molar-refractivity contribution in [3.63, 3.8) is 0 Å². The summed E-state index contributed by atoms with van der Waals surface area (Å²) >= 11 is 1.14. The number of anilines is 2. The highest BCUT2D eigenvalue weighted by Gasteiger charge is 2.30. The minimum absolute atomic E-state index is 0.0765. The van der Waals surface area contributed by atoms with Crippen molar-refractivity contribution < 1.29 is 13.2 Å². The van der Waals surface area contributed by atoms with Crippen molar-refractivity contribution in [2.45, 2.75) is 31.6 Å². The Morgan fingerprint density at radius 1 is 1.18 bits per heavy atom. The maximum Gasteiger partial charge on any atom is 0.286 e. The lowest BCUT2D eigenvalue weighted by Gasteiger charge is -2.30. The van der Waals surface area contributed by atoms with E-state index in [9.17, 15) is 13.2 Å². The van der Waals surface area contributed by atoms with Crippen LogP contribution in [0.25, 0.3) is 0 Å². The normalized spacial score (nSPS) is 14.9. The first-order valence-electron chi connectivity index (χ1n) is 9.11. The molecule has 6 nitrogen and oxygen atoms in total. The largest absolute Gasteiger partial charge is 0.325 e. The average Bonchev–Trinajstić information content (AvgIpc) is 2.66. The summed E-state index contributed by atoms with van der Waals surface area (Å²) in [7, 11) is -3.77. The third-order valence-corrected chi connectivity index (χ3v) is 6.64. The molecule has 0 spiro atoms. The number of benzene rings is 2. The first kappa shape index (κ1) is 20.4. The fourth-order valence-corrected chi connectivity index (χ4v) is 5.17. The van der Waals surface area contributed by atoms with Crippen LogP contribution in [0.3, 0.4) is 0 Å². The second-order valence-electron chi connectivity index (χ2n) is 6.53. The zero-order valence-electron chi connectivity index (χ0n) is 15.9. The van der Waals surface area contributed by atoms with E-state index in [1.165, 1.54) is 0 Å². The number of amidine groups is 1. The van der Waals surface area contributed by atoms with Gasteiger partial charge in [-0.3, -0.25) is 4.79 Å². The van der Waals surface area contributed by atoms with Crippen LogP contribution in [0, 0.1) is 6.92 Å². The molecule has 3 rings (SSSR count). The molecule has 1 aliphatic rings. The van der Waals surface area contributed by atoms with Gasteiger partial charge < -0.3 is 10.2 Å². The van der Waals surface area contributed by atoms with Gasteiger partial charge in [0.1, 0.15) is 4.90 Å². The Bertz CT molecular complexity index is 1000. The Balaban J connectivity index is 1.77. The van der Waals surface area contributed by atoms with E-state index in [-0.39, 0.29) is 16.6 Å². The number of nitrogens with zero attached hydrogens (tertiary/aromatic N) is 2. The summed E-state index contributed by atoms with van der Waals surface area (Å²) in [5.41, 5.74) is 2.39. The maximum absolute atomic E-state index is 12.5. The summed E-state index contributed by atoms with van der Waals surface area (Å²) in [6, 6.07) is 14.4. The van der Waals surface area contributed by atoms with Gasteiger partial charge in [0.2, 0.25) is 5.91 Å². The molecule has 2 aromatic rings. The highest BCUT2D eigenvalue weighted by molar-refractivity contribution is 8.15. The number of nitrogens with one attached hydrogen (secondary N) is 1. The van der Waals surface area contributed by atoms with Crippen molar-refractivity contribution in [2.24, 2.45) is 4.40 Å². The number of thioether (sulfide) groups is 1. The van der Waals surface area contributed by atoms with Gasteiger partial charge in [0.15, 0.2) is 5.17 Å². The van der Waals surface area contributed by atoms with Gasteiger partial charge in [0.05, 0.1) is 11.4 Å². The Morgan fingerprint density at radius 2 is 1.96 bits per heavy atom. The van der Waals surface area contributed by atoms with Gasteiger partial charge in [0.25, 0.3) is 10.0 Å². The molecule has 0 radical (unpaired) electrons. The molecular weight excluding hydrogens is 394 g/mol. The molecule has 1 aliphatic heterocycles. The lowest BCUT2D eigenvalue weighted by atomic mass is 10.2. The zero-order valence-corrected chi connectivity index (χ0v) is 17.5. The predicted octanol–water partition coefficient (Wildman–Crippen LogP) is 4.03. The molecule has 2 aromatic carbocycles. The van der Waals surface area contributed by atoms with Crippen LogP contribution in [0.5, 0.6) is 0 Å². The lowest BCUT2D eigenvalue weighted by Crippen LogP contribution is -2.35. The number of sulfonamides is 1. The van der Waals surface area contributed by atoms with Gasteiger partial charge in [-0.15, -0.1) is 4.40 Å². The molecule has 28 heavy (non-hydrogen) atoms. The van der Waals surface area contributed by atoms with Crippen LogP contribution in [0.4, 0.5) is 11.4 Å². The zero-order chi connectivity index (χ0) is 20.1. The average molecular weight is 418 g/mol. The topological polar surface area (TPSA) is 78.8 Å². The van der Waals surface area contributed by atoms with Crippen LogP contribution in [0.1, 0.15) is 25.3 Å². The monoisotopic (exact) mass is 417 g/mol. The Labute approximate surface area is 170 Å². The summed E-state index contributed by atoms with van der Waals surface area (Å²) in [5.74, 6) is -0.127. The summed E-state index contributed by atoms with van der Waals surface area (Å²) in [4.78, 5) is 14.4. The number of carbonyl (C=O) groups excluding carboxylic acids is 1. The van der Waals surface area contributed by atoms with Crippen LogP contribution in [0.15, 0.2) is 57.8 Å². The van der Waals surface area contributed by atoms with Gasteiger partial charge in [0, 0.05) is 12.2 Å². The van der Waals surface area contributed by atoms with Crippen LogP contribution in [0.2, 0.25) is 0 Å². The Hall–Kier alpha value is -2.32. The number of hydrogen-bond acceptors (Lipinski definition) is 5. The first-order valence-corrected chi connectivity index (χ1v) is 11.5. The smallest absolute Gasteiger partial charge is 0.286 e. The highest BCUT2D eigenvalue weighted by atomic mass is 32.2. The third kappa shape index (κ3) is 4.74. The van der Waals surface area contributed by atoms with E-state index in [0.29, 0.717) is 17.4 Å². The number of fused-ring (bicyclic) bond motifs is 1. The fourth-order valence-electron chi connectivity index (χ4n) is 2.89. The van der Waals surface area contributed by atoms with Crippen LogP contribution < -0.4 is 10.2 Å². The van der Waals surface area contributed by atoms with Gasteiger partial charge in [-0.25, -0.2) is 0 Å². The van der Waals surface area contributed by atoms with Crippen molar-refractivity contribution in [3.05, 3.63) is 54.1 Å². The Morgan fingerprint density at radius 3 is 2.71 bits per heavy atom. The number of aryl methyl sites for hydroxylation is 1. The molecular formula is C20H23N3O3S2. The van der Waals surface area contributed by atoms with E-state index in [2.05, 4.69) is 16.6 Å². The molecule has 8 heteroatoms. The fraction of sp³-hybridized carbons (Fsp3) is 0.300. The molecule has 0 saturated carbocycles. The molecule has 0 atom stereocenters. The van der Waals surface area contributed by atoms with Crippen molar-refractivity contribution in [1.29, 1.82) is 0 Å². The number of carbonyl (C=O) groups is 1. The van der Waals surface area contributed by atoms with Gasteiger partial charge in [-0.2, -0.15) is 8.42 Å². The second kappa shape index (κ2) is 8.79. The van der Waals surface area contributed by atoms with Crippen LogP contribution >= 0.6 is 11.8 Å². The number of hydrogen-bond donors (Lipinski definition) is 1. The number of rotatable bonds is 6. The van der Waals surface area contributed by atoms with Crippen LogP contribution in [-0.2, 0) is 14.8 Å². The molecule has 0 aromatic heterocycles. The molecule has 0 unspecified atom stereocenters. The molecule has 1 heterocycles. The molecule has 0 fully saturated rings. The SMILES string of the molecule is CCCCN1C(SCC(=O)Nc2cccc(C)c2)=NS(=O)(=O)c2ccccc21. The van der Waals surface area contributed by atoms with E-state index in [1.807, 2.05) is 42.2 Å². The number of unbranched alkanes of at least 4 members (excludes halogenated alkanes) is 1. The molecule has 0 bridgehead atoms. The van der Waals surface area contributed by atoms with Crippen molar-refractivity contribution >= 4 is 44.2 Å². The summed E-state index contributed by atoms with van der Waals surface area (Å²) in [6.45, 7) is 4.68. The van der Waals surface area contributed by atoms with E-state index in [1.54, 1.807) is 18.2 Å². The summed E-state index contributed by atoms with van der Waals surface area (Å²) in [5, 5.41) is 3.18. The first-order chi connectivity index (χ1) is 13.4. The van der Waals surface area contributed by atoms with Gasteiger partial charge in [-0.1, -0.05) is 49.4 Å². The van der Waals surface area contributed by atoms with Gasteiger partial charge in [-0.05, 0) is 43.2 Å². The third-order valence-electron chi connectivity index (χ3n) is 4.23. The van der Waals surface area contributed by atoms with E-state index in [4.69, 9.17) is 0 Å². The second-order valence-corrected chi connectivity index (χ2v) is 9.04. The molecule has 0 aliphatic carbocycles. The van der Waals surface area contributed by atoms with Gasteiger partial charge >= 0.3 is 0 Å². The highest BCUT2D eigenvalue weighted by Crippen LogP contribution is 2.34. The minimum atomic E-state index is -3.77. The summed E-state index contributed by atoms with van der Waals surface area (Å²) < 4.78 is 29.1. The van der Waals surface area contributed by atoms with E-state index >= 15 is 0 Å². The van der Waals surface area contributed by atoms with E-state index in [0.717, 1.165) is 35.9 Å². The molecule has 1 N–H and O–H groups in total. The molecule has 148 valence electrons. The summed E-state index contributed by atoms with van der Waals surface area (Å²) in [6.07, 6.45) is 1.86.